The van der Waals surface area contributed by atoms with Crippen LogP contribution in [0, 0.1) is 0 Å². The fourth-order valence-corrected chi connectivity index (χ4v) is 4.63. The number of carbonyl (C=O) groups is 1. The summed E-state index contributed by atoms with van der Waals surface area (Å²) in [6.07, 6.45) is 0.0765. The Morgan fingerprint density at radius 2 is 1.61 bits per heavy atom. The van der Waals surface area contributed by atoms with Crippen LogP contribution in [0.1, 0.15) is 17.2 Å². The highest BCUT2D eigenvalue weighted by Gasteiger charge is 2.36. The van der Waals surface area contributed by atoms with Gasteiger partial charge in [0.05, 0.1) is 24.5 Å². The Kier molecular flexibility index (Phi) is 5.89. The molecule has 8 heteroatoms. The zero-order chi connectivity index (χ0) is 22.0. The van der Waals surface area contributed by atoms with E-state index >= 15 is 0 Å². The van der Waals surface area contributed by atoms with E-state index in [1.807, 2.05) is 60.7 Å². The molecule has 0 unspecified atom stereocenters. The van der Waals surface area contributed by atoms with Gasteiger partial charge in [0.25, 0.3) is 5.91 Å². The van der Waals surface area contributed by atoms with E-state index in [9.17, 15) is 13.2 Å². The van der Waals surface area contributed by atoms with E-state index < -0.39 is 28.1 Å². The minimum atomic E-state index is -3.64. The fourth-order valence-electron chi connectivity index (χ4n) is 3.56. The van der Waals surface area contributed by atoms with Gasteiger partial charge in [-0.25, -0.2) is 8.42 Å². The third-order valence-corrected chi connectivity index (χ3v) is 6.42. The predicted molar refractivity (Wildman–Crippen MR) is 121 cm³/mol. The lowest BCUT2D eigenvalue weighted by atomic mass is 9.98. The molecule has 0 saturated carbocycles. The van der Waals surface area contributed by atoms with E-state index in [0.717, 1.165) is 21.7 Å². The Morgan fingerprint density at radius 1 is 1.03 bits per heavy atom. The average Bonchev–Trinajstić information content (AvgIpc) is 2.77. The highest BCUT2D eigenvalue weighted by atomic mass is 35.5. The monoisotopic (exact) mass is 456 g/mol. The van der Waals surface area contributed by atoms with Crippen molar-refractivity contribution in [2.75, 3.05) is 17.1 Å². The van der Waals surface area contributed by atoms with Gasteiger partial charge in [-0.05, 0) is 29.3 Å². The molecule has 0 radical (unpaired) electrons. The number of fused-ring (bicyclic) bond motifs is 1. The normalized spacial score (nSPS) is 15.8. The van der Waals surface area contributed by atoms with Crippen LogP contribution in [0.25, 0.3) is 0 Å². The number of anilines is 1. The van der Waals surface area contributed by atoms with Gasteiger partial charge in [-0.15, -0.1) is 0 Å². The first-order chi connectivity index (χ1) is 14.8. The number of benzene rings is 3. The van der Waals surface area contributed by atoms with Gasteiger partial charge >= 0.3 is 0 Å². The van der Waals surface area contributed by atoms with E-state index in [2.05, 4.69) is 5.32 Å². The lowest BCUT2D eigenvalue weighted by Crippen LogP contribution is -2.51. The number of nitrogens with zero attached hydrogens (tertiary/aromatic N) is 1. The highest BCUT2D eigenvalue weighted by Crippen LogP contribution is 2.37. The Morgan fingerprint density at radius 3 is 2.16 bits per heavy atom. The molecule has 1 amide bonds. The van der Waals surface area contributed by atoms with Crippen molar-refractivity contribution in [2.24, 2.45) is 0 Å². The van der Waals surface area contributed by atoms with Crippen LogP contribution in [0.5, 0.6) is 5.75 Å². The summed E-state index contributed by atoms with van der Waals surface area (Å²) in [6.45, 7) is -0.145. The number of ether oxygens (including phenoxy) is 1. The highest BCUT2D eigenvalue weighted by molar-refractivity contribution is 7.92. The minimum absolute atomic E-state index is 0.145. The molecule has 6 nitrogen and oxygen atoms in total. The molecule has 0 aliphatic carbocycles. The van der Waals surface area contributed by atoms with Crippen LogP contribution in [0.3, 0.4) is 0 Å². The molecule has 1 aliphatic heterocycles. The van der Waals surface area contributed by atoms with Gasteiger partial charge in [-0.2, -0.15) is 0 Å². The van der Waals surface area contributed by atoms with Crippen LogP contribution in [-0.2, 0) is 14.8 Å². The van der Waals surface area contributed by atoms with Crippen LogP contribution in [0.15, 0.2) is 78.9 Å². The molecule has 3 aromatic rings. The average molecular weight is 457 g/mol. The Bertz CT molecular complexity index is 1150. The van der Waals surface area contributed by atoms with E-state index in [0.29, 0.717) is 10.7 Å². The first kappa shape index (κ1) is 21.2. The second kappa shape index (κ2) is 8.61. The molecule has 1 aliphatic rings. The maximum atomic E-state index is 13.2. The van der Waals surface area contributed by atoms with Crippen molar-refractivity contribution >= 4 is 33.2 Å². The zero-order valence-electron chi connectivity index (χ0n) is 16.7. The molecule has 0 bridgehead atoms. The standard InChI is InChI=1S/C23H21ClN2O4S/c1-31(28,29)26-15-21(30-20-13-12-18(24)14-19(20)26)23(27)25-22(16-8-4-2-5-9-16)17-10-6-3-7-11-17/h2-14,21-22H,15H2,1H3,(H,25,27)/t21-/m0/s1. The van der Waals surface area contributed by atoms with Crippen LogP contribution in [0.4, 0.5) is 5.69 Å². The molecule has 31 heavy (non-hydrogen) atoms. The maximum absolute atomic E-state index is 13.2. The number of rotatable bonds is 5. The molecule has 3 aromatic carbocycles. The third-order valence-electron chi connectivity index (χ3n) is 5.04. The van der Waals surface area contributed by atoms with Gasteiger partial charge in [0, 0.05) is 5.02 Å². The number of nitrogens with one attached hydrogen (secondary N) is 1. The van der Waals surface area contributed by atoms with E-state index in [4.69, 9.17) is 16.3 Å². The van der Waals surface area contributed by atoms with Gasteiger partial charge in [0.1, 0.15) is 5.75 Å². The molecule has 0 spiro atoms. The van der Waals surface area contributed by atoms with Crippen molar-refractivity contribution in [1.82, 2.24) is 5.32 Å². The first-order valence-corrected chi connectivity index (χ1v) is 11.9. The van der Waals surface area contributed by atoms with Crippen LogP contribution < -0.4 is 14.4 Å². The largest absolute Gasteiger partial charge is 0.476 e. The first-order valence-electron chi connectivity index (χ1n) is 9.67. The van der Waals surface area contributed by atoms with E-state index in [1.54, 1.807) is 12.1 Å². The fraction of sp³-hybridized carbons (Fsp3) is 0.174. The van der Waals surface area contributed by atoms with Crippen molar-refractivity contribution in [3.63, 3.8) is 0 Å². The summed E-state index contributed by atoms with van der Waals surface area (Å²) < 4.78 is 31.8. The summed E-state index contributed by atoms with van der Waals surface area (Å²) in [5, 5.41) is 3.40. The number of hydrogen-bond donors (Lipinski definition) is 1. The second-order valence-electron chi connectivity index (χ2n) is 7.28. The molecule has 1 N–H and O–H groups in total. The smallest absolute Gasteiger partial charge is 0.263 e. The maximum Gasteiger partial charge on any atom is 0.263 e. The Balaban J connectivity index is 1.64. The number of hydrogen-bond acceptors (Lipinski definition) is 4. The number of halogens is 1. The summed E-state index contributed by atoms with van der Waals surface area (Å²) in [7, 11) is -3.64. The van der Waals surface area contributed by atoms with Gasteiger partial charge in [-0.3, -0.25) is 9.10 Å². The number of sulfonamides is 1. The molecular formula is C23H21ClN2O4S. The van der Waals surface area contributed by atoms with E-state index in [1.165, 1.54) is 6.07 Å². The van der Waals surface area contributed by atoms with Gasteiger partial charge in [-0.1, -0.05) is 72.3 Å². The quantitative estimate of drug-likeness (QED) is 0.634. The van der Waals surface area contributed by atoms with Crippen LogP contribution >= 0.6 is 11.6 Å². The molecule has 0 saturated heterocycles. The molecule has 4 rings (SSSR count). The number of amides is 1. The lowest BCUT2D eigenvalue weighted by molar-refractivity contribution is -0.128. The minimum Gasteiger partial charge on any atom is -0.476 e. The van der Waals surface area contributed by atoms with Gasteiger partial charge in [0.15, 0.2) is 6.10 Å². The molecule has 0 aromatic heterocycles. The Hall–Kier alpha value is -3.03. The lowest BCUT2D eigenvalue weighted by Gasteiger charge is -2.34. The second-order valence-corrected chi connectivity index (χ2v) is 9.62. The van der Waals surface area contributed by atoms with E-state index in [-0.39, 0.29) is 12.3 Å². The molecule has 1 heterocycles. The summed E-state index contributed by atoms with van der Waals surface area (Å²) >= 11 is 6.04. The molecular weight excluding hydrogens is 436 g/mol. The summed E-state index contributed by atoms with van der Waals surface area (Å²) in [5.41, 5.74) is 2.14. The summed E-state index contributed by atoms with van der Waals surface area (Å²) in [4.78, 5) is 13.2. The van der Waals surface area contributed by atoms with Crippen molar-refractivity contribution in [3.8, 4) is 5.75 Å². The topological polar surface area (TPSA) is 75.7 Å². The van der Waals surface area contributed by atoms with Crippen molar-refractivity contribution in [3.05, 3.63) is 95.0 Å². The van der Waals surface area contributed by atoms with Gasteiger partial charge < -0.3 is 10.1 Å². The van der Waals surface area contributed by atoms with Crippen molar-refractivity contribution < 1.29 is 17.9 Å². The van der Waals surface area contributed by atoms with Crippen molar-refractivity contribution in [1.29, 1.82) is 0 Å². The number of carbonyl (C=O) groups excluding carboxylic acids is 1. The third kappa shape index (κ3) is 4.68. The van der Waals surface area contributed by atoms with Crippen LogP contribution in [-0.4, -0.2) is 33.2 Å². The molecule has 160 valence electrons. The van der Waals surface area contributed by atoms with Gasteiger partial charge in [0.2, 0.25) is 10.0 Å². The SMILES string of the molecule is CS(=O)(=O)N1C[C@@H](C(=O)NC(c2ccccc2)c2ccccc2)Oc2ccc(Cl)cc21. The Labute approximate surface area is 186 Å². The molecule has 1 atom stereocenters. The summed E-state index contributed by atoms with van der Waals surface area (Å²) in [5.74, 6) is -0.121. The zero-order valence-corrected chi connectivity index (χ0v) is 18.3. The summed E-state index contributed by atoms with van der Waals surface area (Å²) in [6, 6.07) is 23.4. The predicted octanol–water partition coefficient (Wildman–Crippen LogP) is 3.77. The van der Waals surface area contributed by atoms with Crippen molar-refractivity contribution in [2.45, 2.75) is 12.1 Å². The van der Waals surface area contributed by atoms with Crippen LogP contribution in [0.2, 0.25) is 5.02 Å². The molecule has 0 fully saturated rings.